The number of H-pyrrole nitrogens is 1. The number of piperidine rings is 1. The molecule has 1 atom stereocenters. The lowest BCUT2D eigenvalue weighted by atomic mass is 9.99. The van der Waals surface area contributed by atoms with Gasteiger partial charge in [0.2, 0.25) is 5.91 Å². The van der Waals surface area contributed by atoms with E-state index in [-0.39, 0.29) is 11.9 Å². The number of anilines is 1. The summed E-state index contributed by atoms with van der Waals surface area (Å²) in [5, 5.41) is 7.10. The van der Waals surface area contributed by atoms with Gasteiger partial charge in [-0.3, -0.25) is 9.89 Å². The van der Waals surface area contributed by atoms with Crippen LogP contribution in [0.3, 0.4) is 0 Å². The molecule has 24 heavy (non-hydrogen) atoms. The maximum Gasteiger partial charge on any atom is 0.224 e. The molecule has 0 saturated carbocycles. The Morgan fingerprint density at radius 3 is 3.00 bits per heavy atom. The lowest BCUT2D eigenvalue weighted by Crippen LogP contribution is -2.40. The van der Waals surface area contributed by atoms with Crippen LogP contribution in [0.2, 0.25) is 0 Å². The number of para-hydroxylation sites is 1. The van der Waals surface area contributed by atoms with Gasteiger partial charge in [-0.15, -0.1) is 0 Å². The third-order valence-corrected chi connectivity index (χ3v) is 5.28. The van der Waals surface area contributed by atoms with Gasteiger partial charge in [0.1, 0.15) is 0 Å². The van der Waals surface area contributed by atoms with Gasteiger partial charge in [-0.05, 0) is 43.4 Å². The van der Waals surface area contributed by atoms with E-state index in [2.05, 4.69) is 44.3 Å². The molecule has 5 nitrogen and oxygen atoms in total. The SMILES string of the molecule is O=C(CCN1CCc2ccccc21)N1CCCCC1c1ccn[nH]1. The van der Waals surface area contributed by atoms with Crippen LogP contribution < -0.4 is 4.90 Å². The van der Waals surface area contributed by atoms with Crippen molar-refractivity contribution in [2.75, 3.05) is 24.5 Å². The molecule has 0 spiro atoms. The van der Waals surface area contributed by atoms with Crippen LogP contribution in [0.4, 0.5) is 5.69 Å². The Labute approximate surface area is 142 Å². The molecule has 5 heteroatoms. The molecule has 3 heterocycles. The van der Waals surface area contributed by atoms with Crippen LogP contribution in [0.1, 0.15) is 43.0 Å². The fourth-order valence-electron chi connectivity index (χ4n) is 4.02. The molecule has 1 saturated heterocycles. The van der Waals surface area contributed by atoms with E-state index in [9.17, 15) is 4.79 Å². The molecule has 0 bridgehead atoms. The first-order chi connectivity index (χ1) is 11.8. The van der Waals surface area contributed by atoms with E-state index in [1.807, 2.05) is 6.07 Å². The molecule has 1 aromatic carbocycles. The van der Waals surface area contributed by atoms with Crippen molar-refractivity contribution in [2.45, 2.75) is 38.1 Å². The van der Waals surface area contributed by atoms with Gasteiger partial charge >= 0.3 is 0 Å². The van der Waals surface area contributed by atoms with Crippen molar-refractivity contribution in [3.05, 3.63) is 47.8 Å². The van der Waals surface area contributed by atoms with Crippen molar-refractivity contribution < 1.29 is 4.79 Å². The predicted molar refractivity (Wildman–Crippen MR) is 93.9 cm³/mol. The van der Waals surface area contributed by atoms with E-state index in [1.165, 1.54) is 17.7 Å². The normalized spacial score (nSPS) is 20.2. The minimum Gasteiger partial charge on any atom is -0.370 e. The standard InChI is InChI=1S/C19H24N4O/c24-19(10-14-22-13-9-15-5-1-2-6-17(15)22)23-12-4-3-7-18(23)16-8-11-20-21-16/h1-2,5-6,8,11,18H,3-4,7,9-10,12-14H2,(H,20,21). The number of carbonyl (C=O) groups is 1. The number of aromatic nitrogens is 2. The van der Waals surface area contributed by atoms with Gasteiger partial charge in [-0.25, -0.2) is 0 Å². The van der Waals surface area contributed by atoms with Gasteiger partial charge < -0.3 is 9.80 Å². The topological polar surface area (TPSA) is 52.2 Å². The summed E-state index contributed by atoms with van der Waals surface area (Å²) in [5.41, 5.74) is 3.77. The van der Waals surface area contributed by atoms with Crippen molar-refractivity contribution in [1.82, 2.24) is 15.1 Å². The molecule has 4 rings (SSSR count). The number of hydrogen-bond acceptors (Lipinski definition) is 3. The van der Waals surface area contributed by atoms with Crippen LogP contribution in [0.5, 0.6) is 0 Å². The zero-order valence-electron chi connectivity index (χ0n) is 13.9. The highest BCUT2D eigenvalue weighted by molar-refractivity contribution is 5.77. The van der Waals surface area contributed by atoms with Crippen LogP contribution in [0.25, 0.3) is 0 Å². The molecule has 2 aromatic rings. The maximum absolute atomic E-state index is 12.8. The second kappa shape index (κ2) is 6.67. The van der Waals surface area contributed by atoms with Gasteiger partial charge in [0.25, 0.3) is 0 Å². The summed E-state index contributed by atoms with van der Waals surface area (Å²) in [6, 6.07) is 10.7. The van der Waals surface area contributed by atoms with E-state index in [0.717, 1.165) is 44.6 Å². The number of benzene rings is 1. The molecular weight excluding hydrogens is 300 g/mol. The molecular formula is C19H24N4O. The minimum absolute atomic E-state index is 0.166. The van der Waals surface area contributed by atoms with Crippen LogP contribution in [-0.2, 0) is 11.2 Å². The van der Waals surface area contributed by atoms with E-state index < -0.39 is 0 Å². The van der Waals surface area contributed by atoms with Crippen LogP contribution >= 0.6 is 0 Å². The number of amides is 1. The van der Waals surface area contributed by atoms with Crippen molar-refractivity contribution in [1.29, 1.82) is 0 Å². The molecule has 2 aliphatic heterocycles. The Morgan fingerprint density at radius 1 is 1.21 bits per heavy atom. The summed E-state index contributed by atoms with van der Waals surface area (Å²) in [6.07, 6.45) is 6.74. The summed E-state index contributed by atoms with van der Waals surface area (Å²) in [4.78, 5) is 17.2. The van der Waals surface area contributed by atoms with Gasteiger partial charge in [-0.2, -0.15) is 5.10 Å². The first-order valence-electron chi connectivity index (χ1n) is 8.94. The molecule has 0 aliphatic carbocycles. The number of likely N-dealkylation sites (tertiary alicyclic amines) is 1. The average Bonchev–Trinajstić information content (AvgIpc) is 3.30. The van der Waals surface area contributed by atoms with Crippen molar-refractivity contribution >= 4 is 11.6 Å². The Balaban J connectivity index is 1.40. The maximum atomic E-state index is 12.8. The Kier molecular flexibility index (Phi) is 4.24. The largest absolute Gasteiger partial charge is 0.370 e. The first-order valence-corrected chi connectivity index (χ1v) is 8.94. The Hall–Kier alpha value is -2.30. The monoisotopic (exact) mass is 324 g/mol. The number of fused-ring (bicyclic) bond motifs is 1. The first kappa shape index (κ1) is 15.2. The van der Waals surface area contributed by atoms with Crippen LogP contribution in [0, 0.1) is 0 Å². The van der Waals surface area contributed by atoms with Gasteiger partial charge in [-0.1, -0.05) is 18.2 Å². The number of hydrogen-bond donors (Lipinski definition) is 1. The fourth-order valence-corrected chi connectivity index (χ4v) is 4.02. The molecule has 0 radical (unpaired) electrons. The Morgan fingerprint density at radius 2 is 2.12 bits per heavy atom. The predicted octanol–water partition coefficient (Wildman–Crippen LogP) is 2.92. The molecule has 1 aromatic heterocycles. The summed E-state index contributed by atoms with van der Waals surface area (Å²) in [7, 11) is 0. The molecule has 1 unspecified atom stereocenters. The number of nitrogens with zero attached hydrogens (tertiary/aromatic N) is 3. The van der Waals surface area contributed by atoms with Gasteiger partial charge in [0.15, 0.2) is 0 Å². The van der Waals surface area contributed by atoms with E-state index >= 15 is 0 Å². The van der Waals surface area contributed by atoms with Crippen molar-refractivity contribution in [3.8, 4) is 0 Å². The quantitative estimate of drug-likeness (QED) is 0.941. The lowest BCUT2D eigenvalue weighted by Gasteiger charge is -2.35. The third-order valence-electron chi connectivity index (χ3n) is 5.28. The van der Waals surface area contributed by atoms with Crippen molar-refractivity contribution in [2.24, 2.45) is 0 Å². The molecule has 126 valence electrons. The lowest BCUT2D eigenvalue weighted by molar-refractivity contribution is -0.135. The molecule has 1 fully saturated rings. The molecule has 2 aliphatic rings. The highest BCUT2D eigenvalue weighted by atomic mass is 16.2. The molecule has 1 N–H and O–H groups in total. The number of rotatable bonds is 4. The zero-order chi connectivity index (χ0) is 16.4. The minimum atomic E-state index is 0.166. The van der Waals surface area contributed by atoms with E-state index in [0.29, 0.717) is 6.42 Å². The van der Waals surface area contributed by atoms with Crippen LogP contribution in [-0.4, -0.2) is 40.6 Å². The third kappa shape index (κ3) is 2.90. The Bertz CT molecular complexity index is 697. The summed E-state index contributed by atoms with van der Waals surface area (Å²) < 4.78 is 0. The summed E-state index contributed by atoms with van der Waals surface area (Å²) in [6.45, 7) is 2.69. The average molecular weight is 324 g/mol. The highest BCUT2D eigenvalue weighted by Gasteiger charge is 2.29. The van der Waals surface area contributed by atoms with Gasteiger partial charge in [0.05, 0.1) is 11.7 Å². The zero-order valence-corrected chi connectivity index (χ0v) is 13.9. The van der Waals surface area contributed by atoms with Gasteiger partial charge in [0, 0.05) is 37.9 Å². The summed E-state index contributed by atoms with van der Waals surface area (Å²) in [5.74, 6) is 0.263. The second-order valence-electron chi connectivity index (χ2n) is 6.73. The smallest absolute Gasteiger partial charge is 0.224 e. The number of carbonyl (C=O) groups excluding carboxylic acids is 1. The summed E-state index contributed by atoms with van der Waals surface area (Å²) >= 11 is 0. The fraction of sp³-hybridized carbons (Fsp3) is 0.474. The van der Waals surface area contributed by atoms with Crippen molar-refractivity contribution in [3.63, 3.8) is 0 Å². The molecule has 1 amide bonds. The highest BCUT2D eigenvalue weighted by Crippen LogP contribution is 2.31. The second-order valence-corrected chi connectivity index (χ2v) is 6.73. The van der Waals surface area contributed by atoms with Crippen LogP contribution in [0.15, 0.2) is 36.5 Å². The van der Waals surface area contributed by atoms with E-state index in [1.54, 1.807) is 6.20 Å². The van der Waals surface area contributed by atoms with E-state index in [4.69, 9.17) is 0 Å². The number of nitrogens with one attached hydrogen (secondary N) is 1. The number of aromatic amines is 1.